The van der Waals surface area contributed by atoms with Crippen LogP contribution in [-0.4, -0.2) is 17.9 Å². The number of halogens is 1. The zero-order valence-corrected chi connectivity index (χ0v) is 14.3. The predicted molar refractivity (Wildman–Crippen MR) is 97.7 cm³/mol. The van der Waals surface area contributed by atoms with Gasteiger partial charge in [-0.2, -0.15) is 0 Å². The zero-order chi connectivity index (χ0) is 18.2. The van der Waals surface area contributed by atoms with Gasteiger partial charge in [-0.3, -0.25) is 9.59 Å². The van der Waals surface area contributed by atoms with E-state index in [-0.39, 0.29) is 23.7 Å². The first kappa shape index (κ1) is 18.4. The average molecular weight is 340 g/mol. The van der Waals surface area contributed by atoms with E-state index in [1.807, 2.05) is 13.8 Å². The van der Waals surface area contributed by atoms with E-state index in [1.54, 1.807) is 42.5 Å². The predicted octanol–water partition coefficient (Wildman–Crippen LogP) is 4.01. The molecule has 1 atom stereocenters. The maximum Gasteiger partial charge on any atom is 0.253 e. The highest BCUT2D eigenvalue weighted by Crippen LogP contribution is 2.15. The van der Waals surface area contributed by atoms with Crippen molar-refractivity contribution in [2.24, 2.45) is 0 Å². The van der Waals surface area contributed by atoms with Crippen molar-refractivity contribution in [2.75, 3.05) is 5.32 Å². The second-order valence-electron chi connectivity index (χ2n) is 5.70. The van der Waals surface area contributed by atoms with Crippen molar-refractivity contribution in [3.05, 3.63) is 71.6 Å². The van der Waals surface area contributed by atoms with Crippen molar-refractivity contribution >= 4 is 23.6 Å². The summed E-state index contributed by atoms with van der Waals surface area (Å²) in [5.41, 5.74) is 1.56. The van der Waals surface area contributed by atoms with Crippen LogP contribution in [0, 0.1) is 5.82 Å². The van der Waals surface area contributed by atoms with Crippen LogP contribution >= 0.6 is 0 Å². The Balaban J connectivity index is 2.08. The topological polar surface area (TPSA) is 58.2 Å². The number of nitrogens with one attached hydrogen (secondary N) is 2. The van der Waals surface area contributed by atoms with E-state index in [0.29, 0.717) is 16.8 Å². The molecule has 0 heterocycles. The third-order valence-corrected chi connectivity index (χ3v) is 3.72. The lowest BCUT2D eigenvalue weighted by atomic mass is 10.1. The highest BCUT2D eigenvalue weighted by Gasteiger charge is 2.13. The molecule has 2 aromatic rings. The summed E-state index contributed by atoms with van der Waals surface area (Å²) in [5.74, 6) is -0.927. The van der Waals surface area contributed by atoms with Gasteiger partial charge in [0.15, 0.2) is 0 Å². The molecular weight excluding hydrogens is 319 g/mol. The first-order chi connectivity index (χ1) is 12.0. The van der Waals surface area contributed by atoms with Crippen LogP contribution in [0.2, 0.25) is 0 Å². The van der Waals surface area contributed by atoms with Gasteiger partial charge in [0, 0.05) is 12.1 Å². The molecule has 2 aromatic carbocycles. The molecule has 0 fully saturated rings. The van der Waals surface area contributed by atoms with Gasteiger partial charge in [-0.05, 0) is 49.2 Å². The molecule has 130 valence electrons. The summed E-state index contributed by atoms with van der Waals surface area (Å²) in [5, 5.41) is 5.58. The van der Waals surface area contributed by atoms with Crippen LogP contribution in [0.1, 0.15) is 36.2 Å². The number of benzene rings is 2. The van der Waals surface area contributed by atoms with Gasteiger partial charge in [-0.1, -0.05) is 31.2 Å². The Labute approximate surface area is 146 Å². The summed E-state index contributed by atoms with van der Waals surface area (Å²) >= 11 is 0. The fraction of sp³-hybridized carbons (Fsp3) is 0.200. The lowest BCUT2D eigenvalue weighted by Gasteiger charge is -2.14. The molecule has 0 aromatic heterocycles. The Morgan fingerprint density at radius 1 is 1.12 bits per heavy atom. The van der Waals surface area contributed by atoms with E-state index in [1.165, 1.54) is 18.2 Å². The molecule has 2 rings (SSSR count). The number of hydrogen-bond donors (Lipinski definition) is 2. The van der Waals surface area contributed by atoms with Crippen LogP contribution in [-0.2, 0) is 4.79 Å². The molecule has 0 spiro atoms. The molecule has 0 aliphatic rings. The molecule has 5 heteroatoms. The number of amides is 2. The molecule has 25 heavy (non-hydrogen) atoms. The van der Waals surface area contributed by atoms with E-state index in [4.69, 9.17) is 0 Å². The summed E-state index contributed by atoms with van der Waals surface area (Å²) in [6.45, 7) is 3.91. The van der Waals surface area contributed by atoms with Gasteiger partial charge >= 0.3 is 0 Å². The largest absolute Gasteiger partial charge is 0.350 e. The Morgan fingerprint density at radius 3 is 2.48 bits per heavy atom. The Morgan fingerprint density at radius 2 is 1.80 bits per heavy atom. The Bertz CT molecular complexity index is 770. The maximum atomic E-state index is 12.9. The van der Waals surface area contributed by atoms with Gasteiger partial charge in [0.05, 0.1) is 11.3 Å². The summed E-state index contributed by atoms with van der Waals surface area (Å²) in [4.78, 5) is 24.4. The van der Waals surface area contributed by atoms with Crippen LogP contribution in [0.4, 0.5) is 10.1 Å². The lowest BCUT2D eigenvalue weighted by Crippen LogP contribution is -2.32. The smallest absolute Gasteiger partial charge is 0.253 e. The second-order valence-corrected chi connectivity index (χ2v) is 5.70. The van der Waals surface area contributed by atoms with E-state index in [9.17, 15) is 14.0 Å². The maximum absolute atomic E-state index is 12.9. The van der Waals surface area contributed by atoms with Crippen molar-refractivity contribution in [3.8, 4) is 0 Å². The number of para-hydroxylation sites is 1. The van der Waals surface area contributed by atoms with E-state index in [2.05, 4.69) is 10.6 Å². The van der Waals surface area contributed by atoms with Crippen molar-refractivity contribution < 1.29 is 14.0 Å². The third kappa shape index (κ3) is 5.57. The van der Waals surface area contributed by atoms with Gasteiger partial charge in [-0.15, -0.1) is 0 Å². The van der Waals surface area contributed by atoms with E-state index < -0.39 is 0 Å². The molecule has 0 bridgehead atoms. The molecule has 0 saturated carbocycles. The molecule has 0 aliphatic heterocycles. The highest BCUT2D eigenvalue weighted by atomic mass is 19.1. The van der Waals surface area contributed by atoms with Crippen molar-refractivity contribution in [1.29, 1.82) is 0 Å². The van der Waals surface area contributed by atoms with Crippen LogP contribution in [0.15, 0.2) is 54.6 Å². The summed E-state index contributed by atoms with van der Waals surface area (Å²) in [6, 6.07) is 12.7. The van der Waals surface area contributed by atoms with Gasteiger partial charge < -0.3 is 10.6 Å². The number of anilines is 1. The SMILES string of the molecule is CC[C@H](C)NC(=O)c1ccccc1NC(=O)/C=C/c1ccc(F)cc1. The van der Waals surface area contributed by atoms with Crippen LogP contribution in [0.3, 0.4) is 0 Å². The molecule has 0 saturated heterocycles. The molecule has 4 nitrogen and oxygen atoms in total. The van der Waals surface area contributed by atoms with Gasteiger partial charge in [0.2, 0.25) is 5.91 Å². The van der Waals surface area contributed by atoms with Crippen LogP contribution in [0.25, 0.3) is 6.08 Å². The fourth-order valence-corrected chi connectivity index (χ4v) is 2.11. The molecule has 0 unspecified atom stereocenters. The Kier molecular flexibility index (Phi) is 6.46. The van der Waals surface area contributed by atoms with Crippen molar-refractivity contribution in [2.45, 2.75) is 26.3 Å². The van der Waals surface area contributed by atoms with Crippen molar-refractivity contribution in [3.63, 3.8) is 0 Å². The number of rotatable bonds is 6. The van der Waals surface area contributed by atoms with Gasteiger partial charge in [-0.25, -0.2) is 4.39 Å². The highest BCUT2D eigenvalue weighted by molar-refractivity contribution is 6.07. The van der Waals surface area contributed by atoms with E-state index in [0.717, 1.165) is 6.42 Å². The standard InChI is InChI=1S/C20H21FN2O2/c1-3-14(2)22-20(25)17-6-4-5-7-18(17)23-19(24)13-10-15-8-11-16(21)12-9-15/h4-14H,3H2,1-2H3,(H,22,25)(H,23,24)/b13-10+/t14-/m0/s1. The average Bonchev–Trinajstić information content (AvgIpc) is 2.61. The number of carbonyl (C=O) groups excluding carboxylic acids is 2. The minimum Gasteiger partial charge on any atom is -0.350 e. The first-order valence-corrected chi connectivity index (χ1v) is 8.14. The summed E-state index contributed by atoms with van der Waals surface area (Å²) in [7, 11) is 0. The lowest BCUT2D eigenvalue weighted by molar-refractivity contribution is -0.111. The fourth-order valence-electron chi connectivity index (χ4n) is 2.11. The summed E-state index contributed by atoms with van der Waals surface area (Å²) < 4.78 is 12.9. The molecule has 0 aliphatic carbocycles. The molecular formula is C20H21FN2O2. The van der Waals surface area contributed by atoms with Crippen LogP contribution < -0.4 is 10.6 Å². The van der Waals surface area contributed by atoms with E-state index >= 15 is 0 Å². The summed E-state index contributed by atoms with van der Waals surface area (Å²) in [6.07, 6.45) is 3.74. The second kappa shape index (κ2) is 8.78. The first-order valence-electron chi connectivity index (χ1n) is 8.14. The Hall–Kier alpha value is -2.95. The van der Waals surface area contributed by atoms with Crippen molar-refractivity contribution in [1.82, 2.24) is 5.32 Å². The third-order valence-electron chi connectivity index (χ3n) is 3.72. The normalized spacial score (nSPS) is 12.0. The monoisotopic (exact) mass is 340 g/mol. The molecule has 2 N–H and O–H groups in total. The minimum absolute atomic E-state index is 0.0506. The van der Waals surface area contributed by atoms with Crippen LogP contribution in [0.5, 0.6) is 0 Å². The van der Waals surface area contributed by atoms with Gasteiger partial charge in [0.25, 0.3) is 5.91 Å². The number of carbonyl (C=O) groups is 2. The molecule has 2 amide bonds. The number of hydrogen-bond acceptors (Lipinski definition) is 2. The quantitative estimate of drug-likeness (QED) is 0.781. The van der Waals surface area contributed by atoms with Gasteiger partial charge in [0.1, 0.15) is 5.82 Å². The molecule has 0 radical (unpaired) electrons. The minimum atomic E-state index is -0.367. The zero-order valence-electron chi connectivity index (χ0n) is 14.3.